The molecular formula is C27H25N3O4. The molecule has 2 aromatic carbocycles. The van der Waals surface area contributed by atoms with E-state index in [-0.39, 0.29) is 11.5 Å². The van der Waals surface area contributed by atoms with E-state index in [9.17, 15) is 19.5 Å². The number of hydrogen-bond donors (Lipinski definition) is 2. The van der Waals surface area contributed by atoms with Gasteiger partial charge in [-0.3, -0.25) is 19.0 Å². The zero-order chi connectivity index (χ0) is 23.8. The van der Waals surface area contributed by atoms with Gasteiger partial charge in [0.15, 0.2) is 0 Å². The summed E-state index contributed by atoms with van der Waals surface area (Å²) in [6.45, 7) is 2.62. The molecule has 7 heteroatoms. The minimum Gasteiger partial charge on any atom is -0.481 e. The number of anilines is 1. The number of benzene rings is 2. The van der Waals surface area contributed by atoms with Crippen molar-refractivity contribution in [2.45, 2.75) is 32.7 Å². The highest BCUT2D eigenvalue weighted by Crippen LogP contribution is 2.30. The first-order valence-electron chi connectivity index (χ1n) is 11.4. The predicted octanol–water partition coefficient (Wildman–Crippen LogP) is 4.25. The highest BCUT2D eigenvalue weighted by atomic mass is 16.4. The average molecular weight is 456 g/mol. The molecule has 0 bridgehead atoms. The monoisotopic (exact) mass is 455 g/mol. The van der Waals surface area contributed by atoms with E-state index in [0.717, 1.165) is 23.1 Å². The Hall–Kier alpha value is -4.00. The van der Waals surface area contributed by atoms with Crippen molar-refractivity contribution >= 4 is 40.1 Å². The summed E-state index contributed by atoms with van der Waals surface area (Å²) in [5.74, 6) is -2.05. The number of carbonyl (C=O) groups excluding carboxylic acids is 1. The summed E-state index contributed by atoms with van der Waals surface area (Å²) in [6.07, 6.45) is 7.17. The van der Waals surface area contributed by atoms with E-state index in [1.165, 1.54) is 0 Å². The molecule has 1 aromatic heterocycles. The molecule has 7 nitrogen and oxygen atoms in total. The van der Waals surface area contributed by atoms with E-state index in [0.29, 0.717) is 41.8 Å². The van der Waals surface area contributed by atoms with Crippen LogP contribution in [0.15, 0.2) is 59.4 Å². The quantitative estimate of drug-likeness (QED) is 0.573. The van der Waals surface area contributed by atoms with Gasteiger partial charge in [0.2, 0.25) is 5.91 Å². The SMILES string of the molecule is Cc1cccc(/C=C2\CCn3c2nc2cc(NC(=O)[C@@H]4CC=CC[C@@H]4C(=O)O)ccc2c3=O)c1. The van der Waals surface area contributed by atoms with E-state index in [4.69, 9.17) is 4.98 Å². The number of carbonyl (C=O) groups is 2. The topological polar surface area (TPSA) is 101 Å². The number of rotatable bonds is 4. The fourth-order valence-corrected chi connectivity index (χ4v) is 4.81. The van der Waals surface area contributed by atoms with Gasteiger partial charge in [0, 0.05) is 12.2 Å². The maximum absolute atomic E-state index is 13.1. The number of aryl methyl sites for hydroxylation is 1. The van der Waals surface area contributed by atoms with E-state index >= 15 is 0 Å². The van der Waals surface area contributed by atoms with Gasteiger partial charge in [-0.1, -0.05) is 42.0 Å². The lowest BCUT2D eigenvalue weighted by atomic mass is 9.82. The van der Waals surface area contributed by atoms with Crippen molar-refractivity contribution in [3.8, 4) is 0 Å². The number of hydrogen-bond acceptors (Lipinski definition) is 4. The Morgan fingerprint density at radius 3 is 2.68 bits per heavy atom. The lowest BCUT2D eigenvalue weighted by Gasteiger charge is -2.24. The fourth-order valence-electron chi connectivity index (χ4n) is 4.81. The normalized spacial score (nSPS) is 20.4. The van der Waals surface area contributed by atoms with Crippen LogP contribution in [0, 0.1) is 18.8 Å². The summed E-state index contributed by atoms with van der Waals surface area (Å²) in [4.78, 5) is 42.3. The van der Waals surface area contributed by atoms with Gasteiger partial charge in [0.1, 0.15) is 5.82 Å². The van der Waals surface area contributed by atoms with E-state index in [1.54, 1.807) is 28.8 Å². The minimum atomic E-state index is -0.971. The Kier molecular flexibility index (Phi) is 5.61. The molecule has 1 aliphatic carbocycles. The second-order valence-electron chi connectivity index (χ2n) is 8.94. The van der Waals surface area contributed by atoms with Gasteiger partial charge in [0.25, 0.3) is 5.56 Å². The van der Waals surface area contributed by atoms with E-state index < -0.39 is 17.8 Å². The first kappa shape index (κ1) is 21.8. The molecular weight excluding hydrogens is 430 g/mol. The summed E-state index contributed by atoms with van der Waals surface area (Å²) >= 11 is 0. The zero-order valence-corrected chi connectivity index (χ0v) is 18.8. The molecule has 0 saturated heterocycles. The lowest BCUT2D eigenvalue weighted by Crippen LogP contribution is -2.34. The molecule has 0 saturated carbocycles. The third-order valence-electron chi connectivity index (χ3n) is 6.58. The molecule has 2 N–H and O–H groups in total. The van der Waals surface area contributed by atoms with Gasteiger partial charge in [-0.25, -0.2) is 4.98 Å². The molecule has 1 amide bonds. The highest BCUT2D eigenvalue weighted by molar-refractivity contribution is 5.97. The van der Waals surface area contributed by atoms with Crippen LogP contribution in [0.1, 0.15) is 36.2 Å². The van der Waals surface area contributed by atoms with Crippen molar-refractivity contribution in [2.24, 2.45) is 11.8 Å². The van der Waals surface area contributed by atoms with Crippen molar-refractivity contribution in [3.63, 3.8) is 0 Å². The van der Waals surface area contributed by atoms with E-state index in [2.05, 4.69) is 17.5 Å². The van der Waals surface area contributed by atoms with Crippen LogP contribution in [-0.4, -0.2) is 26.5 Å². The lowest BCUT2D eigenvalue weighted by molar-refractivity contribution is -0.146. The van der Waals surface area contributed by atoms with Gasteiger partial charge in [-0.2, -0.15) is 0 Å². The Bertz CT molecular complexity index is 1430. The maximum atomic E-state index is 13.1. The summed E-state index contributed by atoms with van der Waals surface area (Å²) in [5.41, 5.74) is 4.12. The predicted molar refractivity (Wildman–Crippen MR) is 131 cm³/mol. The Morgan fingerprint density at radius 1 is 1.12 bits per heavy atom. The first-order valence-corrected chi connectivity index (χ1v) is 11.4. The number of fused-ring (bicyclic) bond motifs is 2. The van der Waals surface area contributed by atoms with E-state index in [1.807, 2.05) is 31.2 Å². The van der Waals surface area contributed by atoms with Crippen molar-refractivity contribution in [3.05, 3.63) is 81.9 Å². The molecule has 0 unspecified atom stereocenters. The number of nitrogens with one attached hydrogen (secondary N) is 1. The molecule has 2 heterocycles. The van der Waals surface area contributed by atoms with Crippen molar-refractivity contribution in [1.82, 2.24) is 9.55 Å². The number of allylic oxidation sites excluding steroid dienone is 3. The Morgan fingerprint density at radius 2 is 1.91 bits per heavy atom. The summed E-state index contributed by atoms with van der Waals surface area (Å²) in [7, 11) is 0. The molecule has 0 fully saturated rings. The van der Waals surface area contributed by atoms with Crippen LogP contribution in [0.3, 0.4) is 0 Å². The third kappa shape index (κ3) is 4.05. The number of carboxylic acids is 1. The number of carboxylic acid groups (broad SMARTS) is 1. The molecule has 2 aliphatic rings. The zero-order valence-electron chi connectivity index (χ0n) is 18.8. The molecule has 34 heavy (non-hydrogen) atoms. The largest absolute Gasteiger partial charge is 0.481 e. The minimum absolute atomic E-state index is 0.103. The van der Waals surface area contributed by atoms with Crippen LogP contribution in [0.2, 0.25) is 0 Å². The fraction of sp³-hybridized carbons (Fsp3) is 0.259. The van der Waals surface area contributed by atoms with Gasteiger partial charge in [-0.05, 0) is 61.6 Å². The smallest absolute Gasteiger partial charge is 0.307 e. The van der Waals surface area contributed by atoms with Gasteiger partial charge in [-0.15, -0.1) is 0 Å². The molecule has 172 valence electrons. The first-order chi connectivity index (χ1) is 16.4. The Labute approximate surface area is 196 Å². The summed E-state index contributed by atoms with van der Waals surface area (Å²) < 4.78 is 1.70. The Balaban J connectivity index is 1.47. The maximum Gasteiger partial charge on any atom is 0.307 e. The number of aliphatic carboxylic acids is 1. The third-order valence-corrected chi connectivity index (χ3v) is 6.58. The number of amides is 1. The molecule has 5 rings (SSSR count). The second kappa shape index (κ2) is 8.74. The van der Waals surface area contributed by atoms with Gasteiger partial charge in [0.05, 0.1) is 22.7 Å². The van der Waals surface area contributed by atoms with Gasteiger partial charge >= 0.3 is 5.97 Å². The average Bonchev–Trinajstić information content (AvgIpc) is 3.21. The highest BCUT2D eigenvalue weighted by Gasteiger charge is 2.34. The second-order valence-corrected chi connectivity index (χ2v) is 8.94. The van der Waals surface area contributed by atoms with Crippen LogP contribution in [-0.2, 0) is 16.1 Å². The van der Waals surface area contributed by atoms with Crippen molar-refractivity contribution in [2.75, 3.05) is 5.32 Å². The van der Waals surface area contributed by atoms with Crippen LogP contribution in [0.25, 0.3) is 22.6 Å². The summed E-state index contributed by atoms with van der Waals surface area (Å²) in [5, 5.41) is 12.8. The van der Waals surface area contributed by atoms with Crippen LogP contribution in [0.5, 0.6) is 0 Å². The molecule has 0 radical (unpaired) electrons. The number of aromatic nitrogens is 2. The number of nitrogens with zero attached hydrogens (tertiary/aromatic N) is 2. The molecule has 2 atom stereocenters. The van der Waals surface area contributed by atoms with Crippen LogP contribution in [0.4, 0.5) is 5.69 Å². The van der Waals surface area contributed by atoms with Gasteiger partial charge < -0.3 is 10.4 Å². The molecule has 1 aliphatic heterocycles. The molecule has 0 spiro atoms. The molecule has 3 aromatic rings. The van der Waals surface area contributed by atoms with Crippen molar-refractivity contribution < 1.29 is 14.7 Å². The summed E-state index contributed by atoms with van der Waals surface area (Å²) in [6, 6.07) is 13.2. The van der Waals surface area contributed by atoms with Crippen LogP contribution < -0.4 is 10.9 Å². The van der Waals surface area contributed by atoms with Crippen molar-refractivity contribution in [1.29, 1.82) is 0 Å². The standard InChI is InChI=1S/C27H25N3O4/c1-16-5-4-6-17(13-16)14-18-11-12-30-24(18)29-23-15-19(9-10-22(23)26(30)32)28-25(31)20-7-2-3-8-21(20)27(33)34/h2-6,9-10,13-15,20-21H,7-8,11-12H2,1H3,(H,28,31)(H,33,34)/b18-14+/t20-,21+/m1/s1. The van der Waals surface area contributed by atoms with Crippen LogP contribution >= 0.6 is 0 Å².